The third-order valence-corrected chi connectivity index (χ3v) is 7.15. The standard InChI is InChI=1S/C19H20ClN2O5P/c20-15-5-3-14(4-6-15)19(25)21-16-7-9-17(10-8-16)28(26)22(13-18(23)24)11-1-2-12-27-28/h3-10H,1-2,11-13H2,(H,21,25)(H,23,24). The summed E-state index contributed by atoms with van der Waals surface area (Å²) in [5.74, 6) is -1.35. The summed E-state index contributed by atoms with van der Waals surface area (Å²) in [6, 6.07) is 12.9. The zero-order valence-corrected chi connectivity index (χ0v) is 16.7. The summed E-state index contributed by atoms with van der Waals surface area (Å²) in [6.07, 6.45) is 1.43. The van der Waals surface area contributed by atoms with E-state index in [-0.39, 0.29) is 12.5 Å². The first kappa shape index (κ1) is 20.6. The first-order valence-electron chi connectivity index (χ1n) is 8.78. The SMILES string of the molecule is O=C(O)CN1CCCCOP1(=O)c1ccc(NC(=O)c2ccc(Cl)cc2)cc1. The van der Waals surface area contributed by atoms with Gasteiger partial charge < -0.3 is 14.9 Å². The fraction of sp³-hybridized carbons (Fsp3) is 0.263. The van der Waals surface area contributed by atoms with Crippen LogP contribution in [0.4, 0.5) is 5.69 Å². The van der Waals surface area contributed by atoms with Gasteiger partial charge in [-0.1, -0.05) is 11.6 Å². The molecule has 0 aliphatic carbocycles. The van der Waals surface area contributed by atoms with Crippen molar-refractivity contribution in [2.24, 2.45) is 0 Å². The van der Waals surface area contributed by atoms with Crippen LogP contribution in [0.3, 0.4) is 0 Å². The van der Waals surface area contributed by atoms with Crippen LogP contribution >= 0.6 is 19.1 Å². The lowest BCUT2D eigenvalue weighted by Crippen LogP contribution is -2.31. The molecule has 0 bridgehead atoms. The molecule has 3 rings (SSSR count). The van der Waals surface area contributed by atoms with Crippen molar-refractivity contribution in [3.05, 3.63) is 59.1 Å². The molecule has 7 nitrogen and oxygen atoms in total. The number of carboxylic acids is 1. The van der Waals surface area contributed by atoms with Gasteiger partial charge in [0.05, 0.1) is 11.9 Å². The van der Waals surface area contributed by atoms with E-state index in [1.54, 1.807) is 48.5 Å². The van der Waals surface area contributed by atoms with Crippen molar-refractivity contribution in [2.45, 2.75) is 12.8 Å². The van der Waals surface area contributed by atoms with Crippen LogP contribution in [0.5, 0.6) is 0 Å². The van der Waals surface area contributed by atoms with Gasteiger partial charge in [-0.25, -0.2) is 4.67 Å². The fourth-order valence-electron chi connectivity index (χ4n) is 2.90. The highest BCUT2D eigenvalue weighted by atomic mass is 35.5. The Morgan fingerprint density at radius 3 is 2.43 bits per heavy atom. The molecule has 1 unspecified atom stereocenters. The van der Waals surface area contributed by atoms with E-state index in [0.29, 0.717) is 41.2 Å². The van der Waals surface area contributed by atoms with Crippen molar-refractivity contribution in [1.29, 1.82) is 0 Å². The van der Waals surface area contributed by atoms with Crippen LogP contribution < -0.4 is 10.6 Å². The molecule has 9 heteroatoms. The minimum atomic E-state index is -3.47. The molecule has 1 aliphatic heterocycles. The van der Waals surface area contributed by atoms with Gasteiger partial charge in [0.25, 0.3) is 5.91 Å². The topological polar surface area (TPSA) is 95.9 Å². The molecular formula is C19H20ClN2O5P. The molecule has 0 spiro atoms. The Morgan fingerprint density at radius 1 is 1.11 bits per heavy atom. The zero-order valence-electron chi connectivity index (χ0n) is 15.0. The van der Waals surface area contributed by atoms with Crippen molar-refractivity contribution < 1.29 is 23.8 Å². The molecule has 0 saturated carbocycles. The van der Waals surface area contributed by atoms with E-state index in [9.17, 15) is 14.2 Å². The maximum atomic E-state index is 13.4. The number of aliphatic carboxylic acids is 1. The van der Waals surface area contributed by atoms with Crippen molar-refractivity contribution in [1.82, 2.24) is 4.67 Å². The summed E-state index contributed by atoms with van der Waals surface area (Å²) in [4.78, 5) is 23.4. The molecule has 1 atom stereocenters. The largest absolute Gasteiger partial charge is 0.480 e. The minimum Gasteiger partial charge on any atom is -0.480 e. The highest BCUT2D eigenvalue weighted by Gasteiger charge is 2.36. The smallest absolute Gasteiger partial charge is 0.318 e. The predicted molar refractivity (Wildman–Crippen MR) is 107 cm³/mol. The van der Waals surface area contributed by atoms with Gasteiger partial charge in [-0.05, 0) is 61.4 Å². The second kappa shape index (κ2) is 8.88. The first-order valence-corrected chi connectivity index (χ1v) is 10.7. The van der Waals surface area contributed by atoms with Gasteiger partial charge in [-0.3, -0.25) is 14.2 Å². The van der Waals surface area contributed by atoms with Crippen LogP contribution in [-0.4, -0.2) is 41.3 Å². The number of carboxylic acid groups (broad SMARTS) is 1. The molecule has 1 saturated heterocycles. The average molecular weight is 423 g/mol. The van der Waals surface area contributed by atoms with Crippen molar-refractivity contribution in [3.63, 3.8) is 0 Å². The number of hydrogen-bond donors (Lipinski definition) is 2. The number of carbonyl (C=O) groups is 2. The highest BCUT2D eigenvalue weighted by Crippen LogP contribution is 2.51. The van der Waals surface area contributed by atoms with E-state index >= 15 is 0 Å². The van der Waals surface area contributed by atoms with Gasteiger partial charge >= 0.3 is 13.5 Å². The molecule has 1 heterocycles. The second-order valence-corrected chi connectivity index (χ2v) is 9.17. The van der Waals surface area contributed by atoms with E-state index in [0.717, 1.165) is 6.42 Å². The van der Waals surface area contributed by atoms with Crippen LogP contribution in [0.1, 0.15) is 23.2 Å². The molecule has 2 aromatic rings. The number of anilines is 1. The Morgan fingerprint density at radius 2 is 1.79 bits per heavy atom. The normalized spacial score (nSPS) is 20.3. The van der Waals surface area contributed by atoms with Gasteiger partial charge in [0.2, 0.25) is 0 Å². The third kappa shape index (κ3) is 4.80. The number of halogens is 1. The number of rotatable bonds is 5. The van der Waals surface area contributed by atoms with Crippen LogP contribution in [0.25, 0.3) is 0 Å². The van der Waals surface area contributed by atoms with E-state index in [2.05, 4.69) is 5.32 Å². The average Bonchev–Trinajstić information content (AvgIpc) is 2.85. The lowest BCUT2D eigenvalue weighted by atomic mass is 10.2. The lowest BCUT2D eigenvalue weighted by molar-refractivity contribution is -0.137. The molecule has 1 fully saturated rings. The molecule has 1 aliphatic rings. The number of carbonyl (C=O) groups excluding carboxylic acids is 1. The Kier molecular flexibility index (Phi) is 6.52. The molecule has 2 N–H and O–H groups in total. The highest BCUT2D eigenvalue weighted by molar-refractivity contribution is 7.64. The quantitative estimate of drug-likeness (QED) is 0.715. The first-order chi connectivity index (χ1) is 13.4. The Labute approximate surface area is 167 Å². The summed E-state index contributed by atoms with van der Waals surface area (Å²) in [7, 11) is -3.47. The number of benzene rings is 2. The number of amides is 1. The molecule has 0 radical (unpaired) electrons. The molecule has 28 heavy (non-hydrogen) atoms. The van der Waals surface area contributed by atoms with E-state index < -0.39 is 13.5 Å². The van der Waals surface area contributed by atoms with Crippen LogP contribution in [0.15, 0.2) is 48.5 Å². The third-order valence-electron chi connectivity index (χ3n) is 4.32. The maximum absolute atomic E-state index is 13.4. The summed E-state index contributed by atoms with van der Waals surface area (Å²) in [6.45, 7) is 0.341. The molecule has 1 amide bonds. The van der Waals surface area contributed by atoms with Crippen molar-refractivity contribution >= 4 is 42.0 Å². The van der Waals surface area contributed by atoms with E-state index in [1.165, 1.54) is 4.67 Å². The van der Waals surface area contributed by atoms with Crippen molar-refractivity contribution in [3.8, 4) is 0 Å². The van der Waals surface area contributed by atoms with E-state index in [4.69, 9.17) is 21.2 Å². The Hall–Kier alpha value is -2.18. The maximum Gasteiger partial charge on any atom is 0.318 e. The molecule has 148 valence electrons. The lowest BCUT2D eigenvalue weighted by Gasteiger charge is -2.27. The van der Waals surface area contributed by atoms with Gasteiger partial charge in [-0.2, -0.15) is 0 Å². The van der Waals surface area contributed by atoms with Gasteiger partial charge in [-0.15, -0.1) is 0 Å². The molecule has 2 aromatic carbocycles. The zero-order chi connectivity index (χ0) is 20.1. The molecular weight excluding hydrogens is 403 g/mol. The number of hydrogen-bond acceptors (Lipinski definition) is 4. The van der Waals surface area contributed by atoms with Crippen molar-refractivity contribution in [2.75, 3.05) is 25.0 Å². The Bertz CT molecular complexity index is 902. The van der Waals surface area contributed by atoms with Gasteiger partial charge in [0, 0.05) is 22.8 Å². The summed E-state index contributed by atoms with van der Waals surface area (Å²) in [5.41, 5.74) is 0.982. The van der Waals surface area contributed by atoms with Gasteiger partial charge in [0.1, 0.15) is 6.54 Å². The summed E-state index contributed by atoms with van der Waals surface area (Å²) >= 11 is 5.82. The van der Waals surface area contributed by atoms with Crippen LogP contribution in [-0.2, 0) is 13.9 Å². The second-order valence-electron chi connectivity index (χ2n) is 6.35. The summed E-state index contributed by atoms with van der Waals surface area (Å²) in [5, 5.41) is 12.8. The monoisotopic (exact) mass is 422 g/mol. The molecule has 0 aromatic heterocycles. The fourth-order valence-corrected chi connectivity index (χ4v) is 5.28. The summed E-state index contributed by atoms with van der Waals surface area (Å²) < 4.78 is 20.5. The van der Waals surface area contributed by atoms with E-state index in [1.807, 2.05) is 0 Å². The number of nitrogens with zero attached hydrogens (tertiary/aromatic N) is 1. The predicted octanol–water partition coefficient (Wildman–Crippen LogP) is 3.61. The Balaban J connectivity index is 1.78. The van der Waals surface area contributed by atoms with Gasteiger partial charge in [0.15, 0.2) is 0 Å². The number of nitrogens with one attached hydrogen (secondary N) is 1. The van der Waals surface area contributed by atoms with Crippen LogP contribution in [0.2, 0.25) is 5.02 Å². The minimum absolute atomic E-state index is 0.297. The van der Waals surface area contributed by atoms with Crippen LogP contribution in [0, 0.1) is 0 Å².